The molecule has 1 heterocycles. The summed E-state index contributed by atoms with van der Waals surface area (Å²) in [6, 6.07) is 8.11. The molecule has 1 N–H and O–H groups in total. The summed E-state index contributed by atoms with van der Waals surface area (Å²) in [6.07, 6.45) is 1.79. The molecule has 1 atom stereocenters. The van der Waals surface area contributed by atoms with Crippen LogP contribution in [0.2, 0.25) is 5.02 Å². The highest BCUT2D eigenvalue weighted by atomic mass is 79.9. The van der Waals surface area contributed by atoms with E-state index in [0.29, 0.717) is 11.1 Å². The van der Waals surface area contributed by atoms with Crippen LogP contribution in [0.25, 0.3) is 10.9 Å². The Balaban J connectivity index is 2.45. The van der Waals surface area contributed by atoms with E-state index in [0.717, 1.165) is 21.9 Å². The number of aromatic nitrogens is 1. The van der Waals surface area contributed by atoms with Crippen LogP contribution in [-0.4, -0.2) is 16.4 Å². The largest absolute Gasteiger partial charge is 0.381 e. The summed E-state index contributed by atoms with van der Waals surface area (Å²) >= 11 is 9.38. The Morgan fingerprint density at radius 2 is 2.25 bits per heavy atom. The van der Waals surface area contributed by atoms with E-state index in [4.69, 9.17) is 11.6 Å². The van der Waals surface area contributed by atoms with Crippen molar-refractivity contribution >= 4 is 44.1 Å². The van der Waals surface area contributed by atoms with Gasteiger partial charge in [0.25, 0.3) is 0 Å². The lowest BCUT2D eigenvalue weighted by atomic mass is 10.2. The molecule has 1 aromatic heterocycles. The number of anilines is 1. The quantitative estimate of drug-likeness (QED) is 0.864. The topological polar surface area (TPSA) is 24.9 Å². The Bertz CT molecular complexity index is 501. The predicted molar refractivity (Wildman–Crippen MR) is 73.6 cm³/mol. The van der Waals surface area contributed by atoms with E-state index in [1.54, 1.807) is 6.20 Å². The molecule has 16 heavy (non-hydrogen) atoms. The van der Waals surface area contributed by atoms with Crippen molar-refractivity contribution in [3.05, 3.63) is 35.5 Å². The van der Waals surface area contributed by atoms with Crippen molar-refractivity contribution in [1.29, 1.82) is 0 Å². The summed E-state index contributed by atoms with van der Waals surface area (Å²) in [5.74, 6) is 0. The second-order valence-corrected chi connectivity index (χ2v) is 4.80. The number of fused-ring (bicyclic) bond motifs is 1. The van der Waals surface area contributed by atoms with Crippen molar-refractivity contribution in [2.45, 2.75) is 13.0 Å². The van der Waals surface area contributed by atoms with Gasteiger partial charge < -0.3 is 5.32 Å². The molecule has 84 valence electrons. The number of alkyl halides is 1. The van der Waals surface area contributed by atoms with Gasteiger partial charge >= 0.3 is 0 Å². The van der Waals surface area contributed by atoms with Gasteiger partial charge in [0.1, 0.15) is 0 Å². The number of pyridine rings is 1. The molecule has 0 radical (unpaired) electrons. The molecule has 2 aromatic rings. The van der Waals surface area contributed by atoms with Crippen LogP contribution in [0.5, 0.6) is 0 Å². The highest BCUT2D eigenvalue weighted by Gasteiger charge is 2.05. The van der Waals surface area contributed by atoms with E-state index >= 15 is 0 Å². The van der Waals surface area contributed by atoms with Crippen LogP contribution in [0.3, 0.4) is 0 Å². The lowest BCUT2D eigenvalue weighted by molar-refractivity contribution is 0.922. The number of nitrogens with one attached hydrogen (secondary N) is 1. The SMILES string of the molecule is CC(CBr)Nc1ccnc2cc(Cl)ccc12. The van der Waals surface area contributed by atoms with Crippen molar-refractivity contribution in [1.82, 2.24) is 4.98 Å². The maximum absolute atomic E-state index is 5.94. The van der Waals surface area contributed by atoms with Crippen LogP contribution in [0.4, 0.5) is 5.69 Å². The van der Waals surface area contributed by atoms with Crippen LogP contribution in [-0.2, 0) is 0 Å². The maximum atomic E-state index is 5.94. The molecule has 0 aliphatic carbocycles. The minimum Gasteiger partial charge on any atom is -0.381 e. The van der Waals surface area contributed by atoms with Gasteiger partial charge in [-0.2, -0.15) is 0 Å². The van der Waals surface area contributed by atoms with Crippen molar-refractivity contribution < 1.29 is 0 Å². The molecule has 1 aromatic carbocycles. The fourth-order valence-corrected chi connectivity index (χ4v) is 1.88. The van der Waals surface area contributed by atoms with E-state index in [9.17, 15) is 0 Å². The summed E-state index contributed by atoms with van der Waals surface area (Å²) in [5.41, 5.74) is 2.01. The van der Waals surface area contributed by atoms with E-state index < -0.39 is 0 Å². The summed E-state index contributed by atoms with van der Waals surface area (Å²) in [4.78, 5) is 4.30. The van der Waals surface area contributed by atoms with E-state index in [-0.39, 0.29) is 0 Å². The molecular formula is C12H12BrClN2. The van der Waals surface area contributed by atoms with Crippen molar-refractivity contribution in [2.75, 3.05) is 10.6 Å². The lowest BCUT2D eigenvalue weighted by Crippen LogP contribution is -2.16. The van der Waals surface area contributed by atoms with Crippen LogP contribution in [0.1, 0.15) is 6.92 Å². The Morgan fingerprint density at radius 3 is 3.00 bits per heavy atom. The highest BCUT2D eigenvalue weighted by molar-refractivity contribution is 9.09. The van der Waals surface area contributed by atoms with E-state index in [1.165, 1.54) is 0 Å². The molecule has 0 saturated heterocycles. The monoisotopic (exact) mass is 298 g/mol. The third-order valence-corrected chi connectivity index (χ3v) is 3.54. The van der Waals surface area contributed by atoms with E-state index in [1.807, 2.05) is 24.3 Å². The molecule has 0 fully saturated rings. The average Bonchev–Trinajstić information content (AvgIpc) is 2.28. The molecule has 0 saturated carbocycles. The van der Waals surface area contributed by atoms with Gasteiger partial charge in [0.2, 0.25) is 0 Å². The minimum atomic E-state index is 0.376. The third kappa shape index (κ3) is 2.47. The van der Waals surface area contributed by atoms with Crippen LogP contribution < -0.4 is 5.32 Å². The van der Waals surface area contributed by atoms with Gasteiger partial charge in [0, 0.05) is 33.7 Å². The number of hydrogen-bond donors (Lipinski definition) is 1. The molecule has 0 aliphatic rings. The van der Waals surface area contributed by atoms with Gasteiger partial charge in [-0.15, -0.1) is 0 Å². The van der Waals surface area contributed by atoms with Crippen LogP contribution in [0.15, 0.2) is 30.5 Å². The number of benzene rings is 1. The van der Waals surface area contributed by atoms with Gasteiger partial charge in [-0.25, -0.2) is 0 Å². The number of nitrogens with zero attached hydrogens (tertiary/aromatic N) is 1. The van der Waals surface area contributed by atoms with E-state index in [2.05, 4.69) is 33.2 Å². The molecule has 0 amide bonds. The zero-order valence-electron chi connectivity index (χ0n) is 8.87. The van der Waals surface area contributed by atoms with Crippen LogP contribution in [0, 0.1) is 0 Å². The molecule has 2 rings (SSSR count). The van der Waals surface area contributed by atoms with Gasteiger partial charge in [-0.3, -0.25) is 4.98 Å². The number of rotatable bonds is 3. The summed E-state index contributed by atoms with van der Waals surface area (Å²) in [5, 5.41) is 6.14. The van der Waals surface area contributed by atoms with Crippen molar-refractivity contribution in [2.24, 2.45) is 0 Å². The summed E-state index contributed by atoms with van der Waals surface area (Å²) in [6.45, 7) is 2.12. The van der Waals surface area contributed by atoms with Gasteiger partial charge in [-0.1, -0.05) is 27.5 Å². The fraction of sp³-hybridized carbons (Fsp3) is 0.250. The number of hydrogen-bond acceptors (Lipinski definition) is 2. The zero-order chi connectivity index (χ0) is 11.5. The Labute approximate surface area is 108 Å². The average molecular weight is 300 g/mol. The Kier molecular flexibility index (Phi) is 3.66. The molecule has 0 bridgehead atoms. The third-order valence-electron chi connectivity index (χ3n) is 2.34. The lowest BCUT2D eigenvalue weighted by Gasteiger charge is -2.14. The Hall–Kier alpha value is -0.800. The predicted octanol–water partition coefficient (Wildman–Crippen LogP) is 4.08. The fourth-order valence-electron chi connectivity index (χ4n) is 1.55. The smallest absolute Gasteiger partial charge is 0.0737 e. The minimum absolute atomic E-state index is 0.376. The maximum Gasteiger partial charge on any atom is 0.0737 e. The van der Waals surface area contributed by atoms with Crippen molar-refractivity contribution in [3.63, 3.8) is 0 Å². The normalized spacial score (nSPS) is 12.7. The molecule has 0 aliphatic heterocycles. The molecular weight excluding hydrogens is 288 g/mol. The standard InChI is InChI=1S/C12H12BrClN2/c1-8(7-13)16-11-4-5-15-12-6-9(14)2-3-10(11)12/h2-6,8H,7H2,1H3,(H,15,16). The van der Waals surface area contributed by atoms with Crippen LogP contribution >= 0.6 is 27.5 Å². The molecule has 0 spiro atoms. The zero-order valence-corrected chi connectivity index (χ0v) is 11.2. The van der Waals surface area contributed by atoms with Crippen molar-refractivity contribution in [3.8, 4) is 0 Å². The first-order valence-electron chi connectivity index (χ1n) is 5.07. The number of halogens is 2. The highest BCUT2D eigenvalue weighted by Crippen LogP contribution is 2.24. The van der Waals surface area contributed by atoms with Gasteiger partial charge in [0.15, 0.2) is 0 Å². The summed E-state index contributed by atoms with van der Waals surface area (Å²) in [7, 11) is 0. The van der Waals surface area contributed by atoms with Gasteiger partial charge in [0.05, 0.1) is 5.52 Å². The summed E-state index contributed by atoms with van der Waals surface area (Å²) < 4.78 is 0. The second kappa shape index (κ2) is 5.02. The Morgan fingerprint density at radius 1 is 1.44 bits per heavy atom. The first kappa shape index (κ1) is 11.7. The first-order chi connectivity index (χ1) is 7.70. The molecule has 2 nitrogen and oxygen atoms in total. The molecule has 1 unspecified atom stereocenters. The second-order valence-electron chi connectivity index (χ2n) is 3.72. The molecule has 4 heteroatoms. The van der Waals surface area contributed by atoms with Gasteiger partial charge in [-0.05, 0) is 31.2 Å². The first-order valence-corrected chi connectivity index (χ1v) is 6.57.